The SMILES string of the molecule is CNC(=O)[C@@H](C)[NH+](C)Cc1cccc(Cl)c1Cl. The minimum absolute atomic E-state index is 0.0145. The molecule has 0 aliphatic rings. The third-order valence-corrected chi connectivity index (χ3v) is 3.74. The molecule has 0 aliphatic carbocycles. The van der Waals surface area contributed by atoms with E-state index in [0.717, 1.165) is 10.5 Å². The van der Waals surface area contributed by atoms with E-state index in [2.05, 4.69) is 5.32 Å². The molecule has 2 N–H and O–H groups in total. The molecule has 2 atom stereocenters. The Balaban J connectivity index is 2.77. The first-order valence-corrected chi connectivity index (χ1v) is 6.19. The fraction of sp³-hybridized carbons (Fsp3) is 0.417. The van der Waals surface area contributed by atoms with Crippen LogP contribution in [0, 0.1) is 0 Å². The molecule has 17 heavy (non-hydrogen) atoms. The number of amides is 1. The molecule has 1 aromatic carbocycles. The first kappa shape index (κ1) is 14.3. The molecule has 1 amide bonds. The molecule has 94 valence electrons. The normalized spacial score (nSPS) is 14.2. The predicted octanol–water partition coefficient (Wildman–Crippen LogP) is 1.14. The molecule has 0 spiro atoms. The fourth-order valence-corrected chi connectivity index (χ4v) is 1.97. The first-order chi connectivity index (χ1) is 7.97. The quantitative estimate of drug-likeness (QED) is 0.849. The van der Waals surface area contributed by atoms with Gasteiger partial charge in [-0.25, -0.2) is 0 Å². The smallest absolute Gasteiger partial charge is 0.277 e. The fourth-order valence-electron chi connectivity index (χ4n) is 1.58. The Morgan fingerprint density at radius 1 is 1.47 bits per heavy atom. The summed E-state index contributed by atoms with van der Waals surface area (Å²) in [5.74, 6) is 0.0145. The van der Waals surface area contributed by atoms with Crippen molar-refractivity contribution >= 4 is 29.1 Å². The van der Waals surface area contributed by atoms with Gasteiger partial charge >= 0.3 is 0 Å². The molecule has 1 aromatic rings. The van der Waals surface area contributed by atoms with Gasteiger partial charge in [-0.2, -0.15) is 0 Å². The number of quaternary nitrogens is 1. The maximum Gasteiger partial charge on any atom is 0.277 e. The van der Waals surface area contributed by atoms with E-state index in [4.69, 9.17) is 23.2 Å². The van der Waals surface area contributed by atoms with Crippen molar-refractivity contribution < 1.29 is 9.69 Å². The molecule has 1 rings (SSSR count). The lowest BCUT2D eigenvalue weighted by Crippen LogP contribution is -3.12. The third-order valence-electron chi connectivity index (χ3n) is 2.88. The highest BCUT2D eigenvalue weighted by atomic mass is 35.5. The molecule has 0 saturated carbocycles. The molecule has 0 bridgehead atoms. The van der Waals surface area contributed by atoms with Crippen LogP contribution in [0.1, 0.15) is 12.5 Å². The van der Waals surface area contributed by atoms with Crippen LogP contribution >= 0.6 is 23.2 Å². The number of halogens is 2. The lowest BCUT2D eigenvalue weighted by Gasteiger charge is -2.20. The Bertz CT molecular complexity index is 409. The summed E-state index contributed by atoms with van der Waals surface area (Å²) >= 11 is 12.1. The van der Waals surface area contributed by atoms with E-state index in [1.165, 1.54) is 0 Å². The topological polar surface area (TPSA) is 33.5 Å². The van der Waals surface area contributed by atoms with Gasteiger partial charge in [-0.15, -0.1) is 0 Å². The standard InChI is InChI=1S/C12H16Cl2N2O/c1-8(12(17)15-2)16(3)7-9-5-4-6-10(13)11(9)14/h4-6,8H,7H2,1-3H3,(H,15,17)/p+1/t8-/m1/s1. The van der Waals surface area contributed by atoms with Gasteiger partial charge in [-0.3, -0.25) is 4.79 Å². The number of hydrogen-bond acceptors (Lipinski definition) is 1. The second-order valence-electron chi connectivity index (χ2n) is 4.07. The number of hydrogen-bond donors (Lipinski definition) is 2. The number of carbonyl (C=O) groups is 1. The van der Waals surface area contributed by atoms with Gasteiger partial charge in [0.05, 0.1) is 17.1 Å². The van der Waals surface area contributed by atoms with Crippen molar-refractivity contribution in [3.8, 4) is 0 Å². The largest absolute Gasteiger partial charge is 0.354 e. The molecule has 0 radical (unpaired) electrons. The highest BCUT2D eigenvalue weighted by Gasteiger charge is 2.21. The van der Waals surface area contributed by atoms with Crippen molar-refractivity contribution in [3.05, 3.63) is 33.8 Å². The van der Waals surface area contributed by atoms with E-state index in [0.29, 0.717) is 16.6 Å². The summed E-state index contributed by atoms with van der Waals surface area (Å²) in [5, 5.41) is 3.75. The Kier molecular flexibility index (Phi) is 5.25. The van der Waals surface area contributed by atoms with Gasteiger partial charge in [-0.1, -0.05) is 35.3 Å². The van der Waals surface area contributed by atoms with E-state index in [1.807, 2.05) is 26.1 Å². The number of likely N-dealkylation sites (N-methyl/N-ethyl adjacent to an activating group) is 2. The molecule has 0 aliphatic heterocycles. The zero-order valence-corrected chi connectivity index (χ0v) is 11.7. The molecule has 0 aromatic heterocycles. The molecule has 0 heterocycles. The van der Waals surface area contributed by atoms with Crippen LogP contribution in [0.3, 0.4) is 0 Å². The third kappa shape index (κ3) is 3.60. The van der Waals surface area contributed by atoms with Gasteiger partial charge in [0, 0.05) is 12.6 Å². The van der Waals surface area contributed by atoms with E-state index in [-0.39, 0.29) is 11.9 Å². The average Bonchev–Trinajstić information content (AvgIpc) is 2.32. The van der Waals surface area contributed by atoms with E-state index < -0.39 is 0 Å². The Labute approximate surface area is 112 Å². The summed E-state index contributed by atoms with van der Waals surface area (Å²) < 4.78 is 0. The second kappa shape index (κ2) is 6.24. The lowest BCUT2D eigenvalue weighted by molar-refractivity contribution is -0.908. The zero-order chi connectivity index (χ0) is 13.0. The van der Waals surface area contributed by atoms with E-state index >= 15 is 0 Å². The van der Waals surface area contributed by atoms with Crippen molar-refractivity contribution in [2.75, 3.05) is 14.1 Å². The summed E-state index contributed by atoms with van der Waals surface area (Å²) in [4.78, 5) is 12.6. The van der Waals surface area contributed by atoms with Crippen molar-refractivity contribution in [1.82, 2.24) is 5.32 Å². The monoisotopic (exact) mass is 275 g/mol. The molecule has 5 heteroatoms. The van der Waals surface area contributed by atoms with Crippen LogP contribution in [0.25, 0.3) is 0 Å². The van der Waals surface area contributed by atoms with Crippen LogP contribution in [0.2, 0.25) is 10.0 Å². The molecule has 1 unspecified atom stereocenters. The molecule has 0 saturated heterocycles. The lowest BCUT2D eigenvalue weighted by atomic mass is 10.2. The maximum absolute atomic E-state index is 11.5. The molecular weight excluding hydrogens is 259 g/mol. The number of carbonyl (C=O) groups excluding carboxylic acids is 1. The van der Waals surface area contributed by atoms with E-state index in [9.17, 15) is 4.79 Å². The van der Waals surface area contributed by atoms with Gasteiger partial charge in [0.15, 0.2) is 6.04 Å². The van der Waals surface area contributed by atoms with Crippen LogP contribution in [0.15, 0.2) is 18.2 Å². The summed E-state index contributed by atoms with van der Waals surface area (Å²) in [5.41, 5.74) is 0.951. The van der Waals surface area contributed by atoms with Crippen LogP contribution in [0.5, 0.6) is 0 Å². The van der Waals surface area contributed by atoms with Gasteiger partial charge in [0.1, 0.15) is 6.54 Å². The minimum atomic E-state index is -0.130. The maximum atomic E-state index is 11.5. The summed E-state index contributed by atoms with van der Waals surface area (Å²) in [6.45, 7) is 2.54. The average molecular weight is 276 g/mol. The van der Waals surface area contributed by atoms with E-state index in [1.54, 1.807) is 13.1 Å². The molecule has 3 nitrogen and oxygen atoms in total. The highest BCUT2D eigenvalue weighted by Crippen LogP contribution is 2.24. The summed E-state index contributed by atoms with van der Waals surface area (Å²) in [7, 11) is 3.59. The van der Waals surface area contributed by atoms with Gasteiger partial charge in [0.25, 0.3) is 5.91 Å². The number of benzene rings is 1. The van der Waals surface area contributed by atoms with Crippen LogP contribution < -0.4 is 10.2 Å². The van der Waals surface area contributed by atoms with Crippen LogP contribution in [0.4, 0.5) is 0 Å². The Morgan fingerprint density at radius 2 is 2.12 bits per heavy atom. The molecule has 0 fully saturated rings. The minimum Gasteiger partial charge on any atom is -0.354 e. The van der Waals surface area contributed by atoms with Crippen molar-refractivity contribution in [1.29, 1.82) is 0 Å². The van der Waals surface area contributed by atoms with Gasteiger partial charge in [-0.05, 0) is 13.0 Å². The first-order valence-electron chi connectivity index (χ1n) is 5.44. The molecular formula is C12H17Cl2N2O+. The highest BCUT2D eigenvalue weighted by molar-refractivity contribution is 6.42. The van der Waals surface area contributed by atoms with Gasteiger partial charge < -0.3 is 10.2 Å². The van der Waals surface area contributed by atoms with Crippen LogP contribution in [-0.4, -0.2) is 26.0 Å². The Hall–Kier alpha value is -0.770. The van der Waals surface area contributed by atoms with Crippen molar-refractivity contribution in [3.63, 3.8) is 0 Å². The van der Waals surface area contributed by atoms with Crippen LogP contribution in [-0.2, 0) is 11.3 Å². The Morgan fingerprint density at radius 3 is 2.71 bits per heavy atom. The number of nitrogens with one attached hydrogen (secondary N) is 2. The number of rotatable bonds is 4. The summed E-state index contributed by atoms with van der Waals surface area (Å²) in [6, 6.07) is 5.41. The zero-order valence-electron chi connectivity index (χ0n) is 10.2. The van der Waals surface area contributed by atoms with Crippen molar-refractivity contribution in [2.24, 2.45) is 0 Å². The predicted molar refractivity (Wildman–Crippen MR) is 70.6 cm³/mol. The summed E-state index contributed by atoms with van der Waals surface area (Å²) in [6.07, 6.45) is 0. The van der Waals surface area contributed by atoms with Gasteiger partial charge in [0.2, 0.25) is 0 Å². The van der Waals surface area contributed by atoms with Crippen molar-refractivity contribution in [2.45, 2.75) is 19.5 Å². The second-order valence-corrected chi connectivity index (χ2v) is 4.86.